The zero-order chi connectivity index (χ0) is 94.3. The predicted octanol–water partition coefficient (Wildman–Crippen LogP) is -10.5. The van der Waals surface area contributed by atoms with Crippen molar-refractivity contribution in [1.29, 1.82) is 0 Å². The molecule has 0 unspecified atom stereocenters. The molecular formula is C71H116N24O22S8. The van der Waals surface area contributed by atoms with Crippen molar-refractivity contribution in [3.05, 3.63) is 36.0 Å². The lowest BCUT2D eigenvalue weighted by Gasteiger charge is -2.29. The van der Waals surface area contributed by atoms with Crippen LogP contribution in [0.2, 0.25) is 0 Å². The number of unbranched alkanes of at least 4 members (excludes halogenated alkanes) is 2. The molecule has 0 spiro atoms. The van der Waals surface area contributed by atoms with Crippen molar-refractivity contribution >= 4 is 230 Å². The average Bonchev–Trinajstić information content (AvgIpc) is 1.73. The number of hydrogen-bond donors (Lipinski definition) is 34. The first-order chi connectivity index (χ1) is 59.1. The first-order valence-electron chi connectivity index (χ1n) is 39.0. The van der Waals surface area contributed by atoms with Gasteiger partial charge in [0.2, 0.25) is 100 Å². The summed E-state index contributed by atoms with van der Waals surface area (Å²) in [6, 6.07) is -18.9. The van der Waals surface area contributed by atoms with Gasteiger partial charge in [-0.25, -0.2) is 4.79 Å². The average molecular weight is 1910 g/mol. The quantitative estimate of drug-likeness (QED) is 0.0127. The van der Waals surface area contributed by atoms with Crippen LogP contribution in [0, 0.1) is 0 Å². The molecule has 0 aliphatic rings. The molecule has 2 rings (SSSR count). The summed E-state index contributed by atoms with van der Waals surface area (Å²) in [6.07, 6.45) is -4.04. The molecule has 33 N–H and O–H groups in total. The molecule has 17 atom stereocenters. The van der Waals surface area contributed by atoms with Crippen LogP contribution in [-0.4, -0.2) is 307 Å². The first kappa shape index (κ1) is 112. The van der Waals surface area contributed by atoms with E-state index in [0.717, 1.165) is 6.92 Å². The number of carboxylic acid groups (broad SMARTS) is 2. The smallest absolute Gasteiger partial charge is 0.326 e. The number of carbonyl (C=O) groups excluding carboxylic acids is 17. The minimum Gasteiger partial charge on any atom is -0.481 e. The van der Waals surface area contributed by atoms with Gasteiger partial charge < -0.3 is 140 Å². The summed E-state index contributed by atoms with van der Waals surface area (Å²) < 4.78 is 0. The number of nitrogens with zero attached hydrogens (tertiary/aromatic N) is 1. The number of nitrogens with one attached hydrogen (secondary N) is 16. The Labute approximate surface area is 763 Å². The van der Waals surface area contributed by atoms with Crippen molar-refractivity contribution in [2.45, 2.75) is 200 Å². The maximum Gasteiger partial charge on any atom is 0.326 e. The zero-order valence-electron chi connectivity index (χ0n) is 68.0. The molecule has 0 saturated carbocycles. The van der Waals surface area contributed by atoms with Gasteiger partial charge in [-0.05, 0) is 95.9 Å². The van der Waals surface area contributed by atoms with Gasteiger partial charge in [0.15, 0.2) is 5.96 Å². The van der Waals surface area contributed by atoms with Crippen LogP contribution in [0.3, 0.4) is 0 Å². The van der Waals surface area contributed by atoms with Crippen molar-refractivity contribution in [2.24, 2.45) is 45.1 Å². The standard InChI is InChI=1S/C71H116N24O22S8/c1-32(96)54(69(115)94-50(31-125)68(114)93-49(30-124)67(113)92-48(29-123)66(112)90-46(27-121)63(109)87-43(70(116)117)22-52(76)98)95-60(106)41(15-17-53(99)100)85-57(103)38(12-5-7-19-73)82-61(107)42(21-33-23-80-36-10-3-2-9-34(33)36)86-59(105)40(14-16-51(75)97)84-56(102)37(11-4-6-18-72)81-58(104)39(13-8-20-79-71(77)78)83-62(108)45(26-120)89-65(111)47(28-122)91-64(110)44(25-119)88-55(101)35(74)24-118/h2-3,9-10,23,32,35,37-50,54,80,96,118-125H,4-8,11-22,24-31,72-74H2,1H3,(H2,75,97)(H2,76,98)(H,81,104)(H,82,107)(H,83,108)(H,84,102)(H,85,103)(H,86,105)(H,87,109)(H,88,101)(H,89,111)(H,90,112)(H,91,110)(H,92,113)(H,93,114)(H,94,115)(H,95,106)(H,99,100)(H,116,117)(H4,77,78,79)/t32-,35+,37+,38+,39+,40+,41+,42+,43+,44+,45+,46+,47+,48+,49+,50+,54+/m1/s1. The Bertz CT molecular complexity index is 4050. The van der Waals surface area contributed by atoms with E-state index in [1.165, 1.54) is 6.20 Å². The molecule has 0 fully saturated rings. The second-order valence-electron chi connectivity index (χ2n) is 28.2. The van der Waals surface area contributed by atoms with Gasteiger partial charge in [0.25, 0.3) is 0 Å². The van der Waals surface area contributed by atoms with Crippen LogP contribution in [0.25, 0.3) is 10.9 Å². The van der Waals surface area contributed by atoms with Crippen molar-refractivity contribution in [1.82, 2.24) is 84.7 Å². The Morgan fingerprint density at radius 3 is 1.02 bits per heavy atom. The molecule has 1 aromatic carbocycles. The lowest BCUT2D eigenvalue weighted by atomic mass is 10.0. The largest absolute Gasteiger partial charge is 0.481 e. The highest BCUT2D eigenvalue weighted by molar-refractivity contribution is 7.81. The van der Waals surface area contributed by atoms with Gasteiger partial charge in [-0.2, -0.15) is 101 Å². The van der Waals surface area contributed by atoms with E-state index in [1.807, 2.05) is 5.32 Å². The normalized spacial score (nSPS) is 15.2. The third-order valence-corrected chi connectivity index (χ3v) is 21.3. The molecule has 54 heteroatoms. The van der Waals surface area contributed by atoms with E-state index in [9.17, 15) is 102 Å². The van der Waals surface area contributed by atoms with Gasteiger partial charge >= 0.3 is 11.9 Å². The van der Waals surface area contributed by atoms with Gasteiger partial charge in [0.05, 0.1) is 18.6 Å². The van der Waals surface area contributed by atoms with Crippen LogP contribution in [0.4, 0.5) is 0 Å². The number of H-pyrrole nitrogens is 1. The molecular weight excluding hydrogens is 1800 g/mol. The number of amides is 17. The van der Waals surface area contributed by atoms with E-state index in [1.54, 1.807) is 24.3 Å². The maximum atomic E-state index is 15.1. The monoisotopic (exact) mass is 1910 g/mol. The Morgan fingerprint density at radius 1 is 0.376 bits per heavy atom. The van der Waals surface area contributed by atoms with Crippen molar-refractivity contribution in [2.75, 3.05) is 65.7 Å². The summed E-state index contributed by atoms with van der Waals surface area (Å²) in [7, 11) is 0. The number of aliphatic hydroxyl groups excluding tert-OH is 1. The number of aliphatic hydroxyl groups is 1. The van der Waals surface area contributed by atoms with Gasteiger partial charge in [0.1, 0.15) is 90.6 Å². The number of hydrogen-bond acceptors (Lipinski definition) is 32. The molecule has 46 nitrogen and oxygen atoms in total. The number of carbonyl (C=O) groups is 19. The van der Waals surface area contributed by atoms with Gasteiger partial charge in [-0.15, -0.1) is 0 Å². The number of fused-ring (bicyclic) bond motifs is 1. The number of aliphatic imine (C=N–C) groups is 1. The second kappa shape index (κ2) is 59.5. The van der Waals surface area contributed by atoms with E-state index in [0.29, 0.717) is 16.5 Å². The first-order valence-corrected chi connectivity index (χ1v) is 44.1. The molecule has 1 heterocycles. The van der Waals surface area contributed by atoms with E-state index < -0.39 is 276 Å². The number of aliphatic carboxylic acids is 2. The molecule has 1 aromatic heterocycles. The van der Waals surface area contributed by atoms with Crippen LogP contribution in [0.1, 0.15) is 96.0 Å². The summed E-state index contributed by atoms with van der Waals surface area (Å²) in [5, 5.41) is 66.8. The minimum absolute atomic E-state index is 0.0130. The zero-order valence-corrected chi connectivity index (χ0v) is 75.2. The van der Waals surface area contributed by atoms with Crippen molar-refractivity contribution in [3.8, 4) is 0 Å². The second-order valence-corrected chi connectivity index (χ2v) is 31.1. The molecule has 0 aliphatic carbocycles. The molecule has 0 radical (unpaired) electrons. The molecule has 2 aromatic rings. The molecule has 700 valence electrons. The number of primary amides is 2. The topological polar surface area (TPSA) is 776 Å². The maximum absolute atomic E-state index is 15.1. The highest BCUT2D eigenvalue weighted by Gasteiger charge is 2.40. The number of thiol groups is 8. The number of rotatable bonds is 62. The summed E-state index contributed by atoms with van der Waals surface area (Å²) in [5.74, 6) is -24.2. The Balaban J connectivity index is 2.61. The number of benzene rings is 1. The SMILES string of the molecule is C[C@@H](O)[C@H](NC(=O)[C@H](CCC(=O)O)NC(=O)[C@H](CCCCN)NC(=O)[C@H](Cc1c[nH]c2ccccc12)NC(=O)[C@H](CCC(N)=O)NC(=O)[C@H](CCCCN)NC(=O)[C@H](CCCN=C(N)N)NC(=O)[C@H](CS)NC(=O)[C@H](CS)NC(=O)[C@H](CS)NC(=O)[C@@H](N)CS)C(=O)N[C@@H](CS)C(=O)N[C@@H](CS)C(=O)N[C@@H](CS)C(=O)N[C@@H](CS)C(=O)N[C@@H](CC(N)=O)C(=O)O. The molecule has 0 aliphatic heterocycles. The van der Waals surface area contributed by atoms with Crippen molar-refractivity contribution < 1.29 is 106 Å². The number of carboxylic acids is 2. The van der Waals surface area contributed by atoms with E-state index in [-0.39, 0.29) is 101 Å². The number of nitrogens with two attached hydrogens (primary N) is 7. The number of guanidine groups is 1. The van der Waals surface area contributed by atoms with Crippen LogP contribution >= 0.6 is 101 Å². The molecule has 17 amide bonds. The molecule has 125 heavy (non-hydrogen) atoms. The van der Waals surface area contributed by atoms with E-state index in [2.05, 4.69) is 185 Å². The number of aromatic amines is 1. The summed E-state index contributed by atoms with van der Waals surface area (Å²) in [6.45, 7) is 1.12. The molecule has 0 bridgehead atoms. The number of aromatic nitrogens is 1. The van der Waals surface area contributed by atoms with Crippen LogP contribution < -0.4 is 120 Å². The Kier molecular flexibility index (Phi) is 53.2. The predicted molar refractivity (Wildman–Crippen MR) is 484 cm³/mol. The summed E-state index contributed by atoms with van der Waals surface area (Å²) in [5.41, 5.74) is 40.2. The highest BCUT2D eigenvalue weighted by Crippen LogP contribution is 2.21. The van der Waals surface area contributed by atoms with Crippen LogP contribution in [0.5, 0.6) is 0 Å². The lowest BCUT2D eigenvalue weighted by Crippen LogP contribution is -2.62. The Morgan fingerprint density at radius 2 is 0.688 bits per heavy atom. The third kappa shape index (κ3) is 40.4. The van der Waals surface area contributed by atoms with Gasteiger partial charge in [0, 0.05) is 88.9 Å². The van der Waals surface area contributed by atoms with Crippen molar-refractivity contribution in [3.63, 3.8) is 0 Å². The van der Waals surface area contributed by atoms with Gasteiger partial charge in [-0.1, -0.05) is 18.2 Å². The summed E-state index contributed by atoms with van der Waals surface area (Å²) >= 11 is 32.9. The fraction of sp³-hybridized carbons (Fsp3) is 0.606. The van der Waals surface area contributed by atoms with E-state index >= 15 is 4.79 Å². The number of para-hydroxylation sites is 1. The minimum atomic E-state index is -2.02. The highest BCUT2D eigenvalue weighted by atomic mass is 32.1. The van der Waals surface area contributed by atoms with Crippen LogP contribution in [0.15, 0.2) is 35.5 Å². The van der Waals surface area contributed by atoms with Crippen LogP contribution in [-0.2, 0) is 97.5 Å². The third-order valence-electron chi connectivity index (χ3n) is 18.4. The molecule has 0 saturated heterocycles. The van der Waals surface area contributed by atoms with E-state index in [4.69, 9.17) is 40.1 Å². The fourth-order valence-corrected chi connectivity index (χ4v) is 13.4. The fourth-order valence-electron chi connectivity index (χ4n) is 11.4. The summed E-state index contributed by atoms with van der Waals surface area (Å²) in [4.78, 5) is 264. The Hall–Kier alpha value is -9.40. The van der Waals surface area contributed by atoms with Gasteiger partial charge in [-0.3, -0.25) is 91.3 Å². The lowest BCUT2D eigenvalue weighted by molar-refractivity contribution is -0.143.